The number of fused-ring (bicyclic) bond motifs is 1. The highest BCUT2D eigenvalue weighted by Gasteiger charge is 2.12. The van der Waals surface area contributed by atoms with Crippen molar-refractivity contribution in [3.63, 3.8) is 0 Å². The van der Waals surface area contributed by atoms with Crippen molar-refractivity contribution in [3.8, 4) is 5.75 Å². The van der Waals surface area contributed by atoms with E-state index in [1.54, 1.807) is 6.07 Å². The molecule has 0 aliphatic heterocycles. The number of anilines is 1. The van der Waals surface area contributed by atoms with E-state index >= 15 is 0 Å². The first-order valence-electron chi connectivity index (χ1n) is 5.68. The van der Waals surface area contributed by atoms with Crippen LogP contribution >= 0.6 is 0 Å². The summed E-state index contributed by atoms with van der Waals surface area (Å²) in [6.45, 7) is 5.74. The van der Waals surface area contributed by atoms with Crippen LogP contribution in [0.15, 0.2) is 33.5 Å². The molecule has 1 aromatic heterocycles. The first-order valence-corrected chi connectivity index (χ1v) is 5.68. The fourth-order valence-corrected chi connectivity index (χ4v) is 2.01. The van der Waals surface area contributed by atoms with Gasteiger partial charge in [0.2, 0.25) is 0 Å². The third-order valence-corrected chi connectivity index (χ3v) is 2.83. The normalized spacial score (nSPS) is 10.7. The summed E-state index contributed by atoms with van der Waals surface area (Å²) in [6, 6.07) is 6.52. The predicted octanol–water partition coefficient (Wildman–Crippen LogP) is 2.34. The Hall–Kier alpha value is -1.97. The zero-order chi connectivity index (χ0) is 12.4. The Bertz CT molecular complexity index is 585. The van der Waals surface area contributed by atoms with Crippen LogP contribution in [-0.4, -0.2) is 18.2 Å². The maximum Gasteiger partial charge on any atom is 0.339 e. The SMILES string of the molecule is CCN(CC)c1cccc2oc(=O)cc(O)c12. The molecular weight excluding hydrogens is 218 g/mol. The quantitative estimate of drug-likeness (QED) is 0.827. The number of rotatable bonds is 3. The maximum atomic E-state index is 11.2. The molecule has 0 spiro atoms. The molecule has 0 aliphatic carbocycles. The van der Waals surface area contributed by atoms with Gasteiger partial charge in [0, 0.05) is 13.1 Å². The largest absolute Gasteiger partial charge is 0.507 e. The van der Waals surface area contributed by atoms with Crippen LogP contribution in [0.5, 0.6) is 5.75 Å². The molecule has 0 amide bonds. The second kappa shape index (κ2) is 4.49. The summed E-state index contributed by atoms with van der Waals surface area (Å²) >= 11 is 0. The number of nitrogens with zero attached hydrogens (tertiary/aromatic N) is 1. The fraction of sp³-hybridized carbons (Fsp3) is 0.308. The van der Waals surface area contributed by atoms with Gasteiger partial charge in [0.05, 0.1) is 17.1 Å². The maximum absolute atomic E-state index is 11.2. The molecule has 0 saturated carbocycles. The molecule has 17 heavy (non-hydrogen) atoms. The van der Waals surface area contributed by atoms with Crippen molar-refractivity contribution >= 4 is 16.7 Å². The summed E-state index contributed by atoms with van der Waals surface area (Å²) in [4.78, 5) is 13.3. The Morgan fingerprint density at radius 1 is 1.29 bits per heavy atom. The molecular formula is C13H15NO3. The van der Waals surface area contributed by atoms with Crippen molar-refractivity contribution in [1.82, 2.24) is 0 Å². The Morgan fingerprint density at radius 3 is 2.65 bits per heavy atom. The molecule has 0 bridgehead atoms. The second-order valence-corrected chi connectivity index (χ2v) is 3.77. The lowest BCUT2D eigenvalue weighted by Gasteiger charge is -2.22. The summed E-state index contributed by atoms with van der Waals surface area (Å²) < 4.78 is 5.08. The van der Waals surface area contributed by atoms with Crippen LogP contribution in [0.4, 0.5) is 5.69 Å². The second-order valence-electron chi connectivity index (χ2n) is 3.77. The van der Waals surface area contributed by atoms with Crippen LogP contribution in [0.3, 0.4) is 0 Å². The molecule has 1 heterocycles. The van der Waals surface area contributed by atoms with Crippen LogP contribution in [-0.2, 0) is 0 Å². The van der Waals surface area contributed by atoms with Gasteiger partial charge in [-0.15, -0.1) is 0 Å². The minimum Gasteiger partial charge on any atom is -0.507 e. The summed E-state index contributed by atoms with van der Waals surface area (Å²) in [5.74, 6) is -0.0289. The number of hydrogen-bond acceptors (Lipinski definition) is 4. The average molecular weight is 233 g/mol. The van der Waals surface area contributed by atoms with Gasteiger partial charge in [0.15, 0.2) is 0 Å². The Morgan fingerprint density at radius 2 is 2.00 bits per heavy atom. The lowest BCUT2D eigenvalue weighted by Crippen LogP contribution is -2.22. The van der Waals surface area contributed by atoms with E-state index in [1.165, 1.54) is 0 Å². The number of benzene rings is 1. The van der Waals surface area contributed by atoms with E-state index in [0.717, 1.165) is 24.8 Å². The Balaban J connectivity index is 2.76. The lowest BCUT2D eigenvalue weighted by atomic mass is 10.1. The summed E-state index contributed by atoms with van der Waals surface area (Å²) in [5, 5.41) is 10.5. The van der Waals surface area contributed by atoms with E-state index < -0.39 is 5.63 Å². The molecule has 2 rings (SSSR count). The number of hydrogen-bond donors (Lipinski definition) is 1. The van der Waals surface area contributed by atoms with Crippen molar-refractivity contribution in [2.45, 2.75) is 13.8 Å². The molecule has 0 fully saturated rings. The van der Waals surface area contributed by atoms with Crippen LogP contribution in [0.2, 0.25) is 0 Å². The van der Waals surface area contributed by atoms with Crippen LogP contribution in [0, 0.1) is 0 Å². The van der Waals surface area contributed by atoms with Crippen molar-refractivity contribution in [1.29, 1.82) is 0 Å². The topological polar surface area (TPSA) is 53.7 Å². The van der Waals surface area contributed by atoms with Gasteiger partial charge < -0.3 is 14.4 Å². The van der Waals surface area contributed by atoms with Crippen molar-refractivity contribution in [3.05, 3.63) is 34.7 Å². The Labute approximate surface area is 99.1 Å². The zero-order valence-corrected chi connectivity index (χ0v) is 9.93. The van der Waals surface area contributed by atoms with E-state index in [0.29, 0.717) is 11.0 Å². The third kappa shape index (κ3) is 1.98. The van der Waals surface area contributed by atoms with Gasteiger partial charge in [-0.2, -0.15) is 0 Å². The van der Waals surface area contributed by atoms with Crippen LogP contribution < -0.4 is 10.5 Å². The molecule has 0 unspecified atom stereocenters. The molecule has 4 nitrogen and oxygen atoms in total. The number of aromatic hydroxyl groups is 1. The molecule has 0 radical (unpaired) electrons. The highest BCUT2D eigenvalue weighted by Crippen LogP contribution is 2.32. The van der Waals surface area contributed by atoms with Crippen molar-refractivity contribution in [2.75, 3.05) is 18.0 Å². The van der Waals surface area contributed by atoms with Gasteiger partial charge in [0.25, 0.3) is 0 Å². The zero-order valence-electron chi connectivity index (χ0n) is 9.93. The van der Waals surface area contributed by atoms with Crippen molar-refractivity contribution in [2.24, 2.45) is 0 Å². The van der Waals surface area contributed by atoms with E-state index in [4.69, 9.17) is 4.42 Å². The highest BCUT2D eigenvalue weighted by atomic mass is 16.4. The molecule has 2 aromatic rings. The van der Waals surface area contributed by atoms with E-state index in [1.807, 2.05) is 26.0 Å². The minimum atomic E-state index is -0.535. The highest BCUT2D eigenvalue weighted by molar-refractivity contribution is 5.95. The summed E-state index contributed by atoms with van der Waals surface area (Å²) in [6.07, 6.45) is 0. The van der Waals surface area contributed by atoms with E-state index in [9.17, 15) is 9.90 Å². The van der Waals surface area contributed by atoms with E-state index in [2.05, 4.69) is 4.90 Å². The van der Waals surface area contributed by atoms with Crippen LogP contribution in [0.1, 0.15) is 13.8 Å². The van der Waals surface area contributed by atoms with Crippen molar-refractivity contribution < 1.29 is 9.52 Å². The van der Waals surface area contributed by atoms with Gasteiger partial charge in [-0.1, -0.05) is 6.07 Å². The summed E-state index contributed by atoms with van der Waals surface area (Å²) in [7, 11) is 0. The average Bonchev–Trinajstić information content (AvgIpc) is 2.30. The van der Waals surface area contributed by atoms with Gasteiger partial charge in [-0.25, -0.2) is 4.79 Å². The first-order chi connectivity index (χ1) is 8.17. The van der Waals surface area contributed by atoms with Gasteiger partial charge in [0.1, 0.15) is 11.3 Å². The van der Waals surface area contributed by atoms with Gasteiger partial charge in [-0.3, -0.25) is 0 Å². The monoisotopic (exact) mass is 233 g/mol. The molecule has 1 N–H and O–H groups in total. The summed E-state index contributed by atoms with van der Waals surface area (Å²) in [5.41, 5.74) is 0.764. The smallest absolute Gasteiger partial charge is 0.339 e. The Kier molecular flexibility index (Phi) is 3.04. The van der Waals surface area contributed by atoms with Gasteiger partial charge >= 0.3 is 5.63 Å². The molecule has 1 aromatic carbocycles. The first kappa shape index (κ1) is 11.5. The molecule has 0 aliphatic rings. The molecule has 90 valence electrons. The van der Waals surface area contributed by atoms with E-state index in [-0.39, 0.29) is 5.75 Å². The lowest BCUT2D eigenvalue weighted by molar-refractivity contribution is 0.468. The predicted molar refractivity (Wildman–Crippen MR) is 67.7 cm³/mol. The van der Waals surface area contributed by atoms with Gasteiger partial charge in [-0.05, 0) is 26.0 Å². The molecule has 4 heteroatoms. The van der Waals surface area contributed by atoms with Crippen LogP contribution in [0.25, 0.3) is 11.0 Å². The molecule has 0 atom stereocenters. The minimum absolute atomic E-state index is 0.0289. The fourth-order valence-electron chi connectivity index (χ4n) is 2.01. The standard InChI is InChI=1S/C13H15NO3/c1-3-14(4-2)9-6-5-7-11-13(9)10(15)8-12(16)17-11/h5-8,15H,3-4H2,1-2H3. The third-order valence-electron chi connectivity index (χ3n) is 2.83. The molecule has 0 saturated heterocycles.